The van der Waals surface area contributed by atoms with Crippen molar-refractivity contribution < 1.29 is 9.13 Å². The van der Waals surface area contributed by atoms with Gasteiger partial charge in [0, 0.05) is 20.7 Å². The fourth-order valence-corrected chi connectivity index (χ4v) is 3.22. The quantitative estimate of drug-likeness (QED) is 0.835. The van der Waals surface area contributed by atoms with E-state index < -0.39 is 0 Å². The van der Waals surface area contributed by atoms with Crippen LogP contribution in [0.4, 0.5) is 4.39 Å². The third-order valence-electron chi connectivity index (χ3n) is 2.90. The number of rotatable bonds is 4. The van der Waals surface area contributed by atoms with Crippen LogP contribution in [0.3, 0.4) is 0 Å². The van der Waals surface area contributed by atoms with Gasteiger partial charge in [0.1, 0.15) is 11.6 Å². The minimum Gasteiger partial charge on any atom is -0.496 e. The minimum absolute atomic E-state index is 0.275. The second kappa shape index (κ2) is 6.65. The number of hydrogen-bond donors (Lipinski definition) is 1. The molecule has 20 heavy (non-hydrogen) atoms. The zero-order valence-electron chi connectivity index (χ0n) is 11.0. The van der Waals surface area contributed by atoms with Gasteiger partial charge in [-0.3, -0.25) is 4.98 Å². The predicted octanol–water partition coefficient (Wildman–Crippen LogP) is 4.06. The highest BCUT2D eigenvalue weighted by atomic mass is 79.9. The summed E-state index contributed by atoms with van der Waals surface area (Å²) in [6, 6.07) is 6.07. The second-order valence-corrected chi connectivity index (χ2v) is 5.90. The number of pyridine rings is 1. The number of aromatic nitrogens is 1. The molecule has 0 saturated carbocycles. The van der Waals surface area contributed by atoms with Crippen LogP contribution in [0.15, 0.2) is 39.4 Å². The molecule has 1 aromatic carbocycles. The zero-order chi connectivity index (χ0) is 14.7. The van der Waals surface area contributed by atoms with E-state index >= 15 is 0 Å². The van der Waals surface area contributed by atoms with Gasteiger partial charge in [0.2, 0.25) is 0 Å². The first-order valence-electron chi connectivity index (χ1n) is 5.88. The normalized spacial score (nSPS) is 12.2. The van der Waals surface area contributed by atoms with Crippen LogP contribution in [0.2, 0.25) is 0 Å². The number of hydrogen-bond acceptors (Lipinski definition) is 3. The summed E-state index contributed by atoms with van der Waals surface area (Å²) in [5, 5.41) is 3.14. The van der Waals surface area contributed by atoms with Gasteiger partial charge in [-0.25, -0.2) is 4.39 Å². The van der Waals surface area contributed by atoms with Crippen LogP contribution in [0.1, 0.15) is 17.3 Å². The van der Waals surface area contributed by atoms with Crippen LogP contribution in [0.5, 0.6) is 5.75 Å². The summed E-state index contributed by atoms with van der Waals surface area (Å²) >= 11 is 6.85. The average molecular weight is 404 g/mol. The standard InChI is InChI=1S/C14H13Br2FN2O/c1-18-13(14-11(16)5-8(15)7-19-14)10-6-9(17)3-4-12(10)20-2/h3-7,13,18H,1-2H3. The highest BCUT2D eigenvalue weighted by Gasteiger charge is 2.21. The van der Waals surface area contributed by atoms with Gasteiger partial charge >= 0.3 is 0 Å². The molecule has 6 heteroatoms. The molecule has 1 atom stereocenters. The zero-order valence-corrected chi connectivity index (χ0v) is 14.1. The van der Waals surface area contributed by atoms with Crippen molar-refractivity contribution in [1.29, 1.82) is 0 Å². The fourth-order valence-electron chi connectivity index (χ4n) is 2.01. The maximum Gasteiger partial charge on any atom is 0.124 e. The van der Waals surface area contributed by atoms with Crippen LogP contribution < -0.4 is 10.1 Å². The van der Waals surface area contributed by atoms with Crippen molar-refractivity contribution in [2.24, 2.45) is 0 Å². The lowest BCUT2D eigenvalue weighted by molar-refractivity contribution is 0.403. The van der Waals surface area contributed by atoms with Crippen LogP contribution in [-0.4, -0.2) is 19.1 Å². The van der Waals surface area contributed by atoms with Crippen molar-refractivity contribution in [3.05, 3.63) is 56.5 Å². The first kappa shape index (κ1) is 15.4. The smallest absolute Gasteiger partial charge is 0.124 e. The molecular formula is C14H13Br2FN2O. The monoisotopic (exact) mass is 402 g/mol. The number of ether oxygens (including phenoxy) is 1. The van der Waals surface area contributed by atoms with Crippen LogP contribution in [0.25, 0.3) is 0 Å². The first-order valence-corrected chi connectivity index (χ1v) is 7.47. The number of nitrogens with zero attached hydrogens (tertiary/aromatic N) is 1. The Balaban J connectivity index is 2.54. The van der Waals surface area contributed by atoms with E-state index in [2.05, 4.69) is 42.2 Å². The van der Waals surface area contributed by atoms with E-state index in [9.17, 15) is 4.39 Å². The summed E-state index contributed by atoms with van der Waals surface area (Å²) in [7, 11) is 3.36. The molecule has 0 amide bonds. The number of benzene rings is 1. The van der Waals surface area contributed by atoms with Gasteiger partial charge in [-0.2, -0.15) is 0 Å². The molecule has 0 bridgehead atoms. The highest BCUT2D eigenvalue weighted by molar-refractivity contribution is 9.11. The summed E-state index contributed by atoms with van der Waals surface area (Å²) in [4.78, 5) is 4.40. The summed E-state index contributed by atoms with van der Waals surface area (Å²) in [5.41, 5.74) is 1.46. The summed E-state index contributed by atoms with van der Waals surface area (Å²) < 4.78 is 20.5. The topological polar surface area (TPSA) is 34.1 Å². The number of nitrogens with one attached hydrogen (secondary N) is 1. The van der Waals surface area contributed by atoms with Crippen molar-refractivity contribution in [2.45, 2.75) is 6.04 Å². The summed E-state index contributed by atoms with van der Waals surface area (Å²) in [6.07, 6.45) is 1.70. The molecule has 0 aliphatic rings. The Morgan fingerprint density at radius 1 is 1.30 bits per heavy atom. The molecule has 106 valence electrons. The van der Waals surface area contributed by atoms with E-state index in [0.717, 1.165) is 14.6 Å². The number of methoxy groups -OCH3 is 1. The Hall–Kier alpha value is -0.980. The van der Waals surface area contributed by atoms with Gasteiger partial charge in [0.15, 0.2) is 0 Å². The Labute approximate surface area is 133 Å². The molecule has 0 aliphatic heterocycles. The molecule has 1 heterocycles. The lowest BCUT2D eigenvalue weighted by Gasteiger charge is -2.20. The Kier molecular flexibility index (Phi) is 5.12. The molecule has 1 unspecified atom stereocenters. The van der Waals surface area contributed by atoms with Gasteiger partial charge in [-0.05, 0) is 63.2 Å². The largest absolute Gasteiger partial charge is 0.496 e. The van der Waals surface area contributed by atoms with E-state index in [1.807, 2.05) is 6.07 Å². The van der Waals surface area contributed by atoms with Gasteiger partial charge in [0.05, 0.1) is 18.8 Å². The predicted molar refractivity (Wildman–Crippen MR) is 83.5 cm³/mol. The van der Waals surface area contributed by atoms with Crippen molar-refractivity contribution in [3.8, 4) is 5.75 Å². The molecule has 2 rings (SSSR count). The Morgan fingerprint density at radius 3 is 2.65 bits per heavy atom. The molecule has 0 fully saturated rings. The maximum atomic E-state index is 13.5. The fraction of sp³-hybridized carbons (Fsp3) is 0.214. The molecule has 2 aromatic rings. The van der Waals surface area contributed by atoms with Gasteiger partial charge in [-0.1, -0.05) is 0 Å². The van der Waals surface area contributed by atoms with E-state index in [1.54, 1.807) is 26.4 Å². The molecule has 0 aliphatic carbocycles. The lowest BCUT2D eigenvalue weighted by Crippen LogP contribution is -2.20. The molecule has 0 spiro atoms. The first-order chi connectivity index (χ1) is 9.56. The van der Waals surface area contributed by atoms with E-state index in [-0.39, 0.29) is 11.9 Å². The van der Waals surface area contributed by atoms with E-state index in [4.69, 9.17) is 4.74 Å². The van der Waals surface area contributed by atoms with Crippen molar-refractivity contribution in [3.63, 3.8) is 0 Å². The van der Waals surface area contributed by atoms with E-state index in [0.29, 0.717) is 11.3 Å². The van der Waals surface area contributed by atoms with Crippen LogP contribution >= 0.6 is 31.9 Å². The van der Waals surface area contributed by atoms with Crippen LogP contribution in [0, 0.1) is 5.82 Å². The van der Waals surface area contributed by atoms with Gasteiger partial charge in [-0.15, -0.1) is 0 Å². The molecular weight excluding hydrogens is 391 g/mol. The van der Waals surface area contributed by atoms with Gasteiger partial charge < -0.3 is 10.1 Å². The third kappa shape index (κ3) is 3.19. The molecule has 1 N–H and O–H groups in total. The molecule has 0 radical (unpaired) electrons. The SMILES string of the molecule is CNC(c1cc(F)ccc1OC)c1ncc(Br)cc1Br. The molecule has 3 nitrogen and oxygen atoms in total. The summed E-state index contributed by atoms with van der Waals surface area (Å²) in [6.45, 7) is 0. The highest BCUT2D eigenvalue weighted by Crippen LogP contribution is 2.33. The van der Waals surface area contributed by atoms with Crippen molar-refractivity contribution >= 4 is 31.9 Å². The summed E-state index contributed by atoms with van der Waals surface area (Å²) in [5.74, 6) is 0.302. The number of halogens is 3. The third-order valence-corrected chi connectivity index (χ3v) is 3.97. The maximum absolute atomic E-state index is 13.5. The second-order valence-electron chi connectivity index (χ2n) is 4.13. The van der Waals surface area contributed by atoms with Crippen molar-refractivity contribution in [1.82, 2.24) is 10.3 Å². The lowest BCUT2D eigenvalue weighted by atomic mass is 10.0. The Bertz CT molecular complexity index is 622. The molecule has 1 aromatic heterocycles. The van der Waals surface area contributed by atoms with E-state index in [1.165, 1.54) is 12.1 Å². The average Bonchev–Trinajstić information content (AvgIpc) is 2.42. The minimum atomic E-state index is -0.311. The van der Waals surface area contributed by atoms with Crippen LogP contribution in [-0.2, 0) is 0 Å². The Morgan fingerprint density at radius 2 is 2.05 bits per heavy atom. The molecule has 0 saturated heterocycles. The van der Waals surface area contributed by atoms with Crippen molar-refractivity contribution in [2.75, 3.05) is 14.2 Å². The van der Waals surface area contributed by atoms with Gasteiger partial charge in [0.25, 0.3) is 0 Å².